The highest BCUT2D eigenvalue weighted by Crippen LogP contribution is 2.36. The second-order valence-corrected chi connectivity index (χ2v) is 4.48. The lowest BCUT2D eigenvalue weighted by Gasteiger charge is -2.08. The number of hydrogen-bond donors (Lipinski definition) is 0. The van der Waals surface area contributed by atoms with Crippen molar-refractivity contribution in [1.82, 2.24) is 0 Å². The molecule has 0 fully saturated rings. The molecule has 0 aromatic heterocycles. The quantitative estimate of drug-likeness (QED) is 0.470. The highest BCUT2D eigenvalue weighted by atomic mass is 35.5. The summed E-state index contributed by atoms with van der Waals surface area (Å²) in [5.74, 6) is -0.191. The van der Waals surface area contributed by atoms with E-state index in [0.29, 0.717) is 6.29 Å². The van der Waals surface area contributed by atoms with Crippen LogP contribution in [0, 0.1) is 20.2 Å². The summed E-state index contributed by atoms with van der Waals surface area (Å²) >= 11 is 5.86. The van der Waals surface area contributed by atoms with Gasteiger partial charge in [0.05, 0.1) is 14.9 Å². The van der Waals surface area contributed by atoms with Gasteiger partial charge < -0.3 is 4.74 Å². The molecule has 2 aromatic carbocycles. The lowest BCUT2D eigenvalue weighted by molar-refractivity contribution is -0.385. The van der Waals surface area contributed by atoms with E-state index < -0.39 is 9.85 Å². The number of hydrogen-bond acceptors (Lipinski definition) is 6. The Bertz CT molecular complexity index is 777. The second-order valence-electron chi connectivity index (χ2n) is 4.08. The molecule has 2 rings (SSSR count). The summed E-state index contributed by atoms with van der Waals surface area (Å²) in [6.45, 7) is 0. The molecule has 0 aliphatic rings. The summed E-state index contributed by atoms with van der Waals surface area (Å²) in [4.78, 5) is 31.0. The van der Waals surface area contributed by atoms with Gasteiger partial charge in [-0.05, 0) is 18.2 Å². The van der Waals surface area contributed by atoms with Crippen LogP contribution in [0.2, 0.25) is 5.02 Å². The number of benzene rings is 2. The maximum absolute atomic E-state index is 11.0. The summed E-state index contributed by atoms with van der Waals surface area (Å²) in [7, 11) is 0. The number of aldehydes is 1. The largest absolute Gasteiger partial charge is 0.449 e. The van der Waals surface area contributed by atoms with Crippen LogP contribution in [-0.4, -0.2) is 16.1 Å². The number of nitrogens with zero attached hydrogens (tertiary/aromatic N) is 2. The molecule has 0 saturated heterocycles. The van der Waals surface area contributed by atoms with Crippen molar-refractivity contribution in [2.24, 2.45) is 0 Å². The fraction of sp³-hybridized carbons (Fsp3) is 0. The number of carbonyl (C=O) groups excluding carboxylic acids is 1. The first-order chi connectivity index (χ1) is 10.4. The Labute approximate surface area is 128 Å². The number of nitro groups is 2. The average molecular weight is 323 g/mol. The van der Waals surface area contributed by atoms with Gasteiger partial charge in [-0.3, -0.25) is 25.0 Å². The van der Waals surface area contributed by atoms with Crippen LogP contribution >= 0.6 is 11.6 Å². The van der Waals surface area contributed by atoms with Crippen LogP contribution in [-0.2, 0) is 0 Å². The van der Waals surface area contributed by atoms with Crippen LogP contribution in [0.1, 0.15) is 10.4 Å². The minimum atomic E-state index is -0.677. The Hall–Kier alpha value is -3.00. The molecule has 112 valence electrons. The van der Waals surface area contributed by atoms with Crippen molar-refractivity contribution in [2.45, 2.75) is 0 Å². The summed E-state index contributed by atoms with van der Waals surface area (Å²) in [6, 6.07) is 7.01. The maximum Gasteiger partial charge on any atom is 0.311 e. The van der Waals surface area contributed by atoms with Gasteiger partial charge in [-0.15, -0.1) is 0 Å². The van der Waals surface area contributed by atoms with E-state index in [0.717, 1.165) is 18.2 Å². The van der Waals surface area contributed by atoms with E-state index in [9.17, 15) is 25.0 Å². The summed E-state index contributed by atoms with van der Waals surface area (Å²) in [5, 5.41) is 21.5. The molecule has 8 nitrogen and oxygen atoms in total. The molecular weight excluding hydrogens is 316 g/mol. The van der Waals surface area contributed by atoms with Crippen molar-refractivity contribution in [3.8, 4) is 11.5 Å². The maximum atomic E-state index is 11.0. The monoisotopic (exact) mass is 322 g/mol. The molecule has 0 heterocycles. The lowest BCUT2D eigenvalue weighted by Crippen LogP contribution is -1.96. The third-order valence-electron chi connectivity index (χ3n) is 2.66. The van der Waals surface area contributed by atoms with Gasteiger partial charge in [0.1, 0.15) is 12.0 Å². The summed E-state index contributed by atoms with van der Waals surface area (Å²) < 4.78 is 5.32. The van der Waals surface area contributed by atoms with E-state index in [1.807, 2.05) is 0 Å². The van der Waals surface area contributed by atoms with Crippen molar-refractivity contribution in [2.75, 3.05) is 0 Å². The van der Waals surface area contributed by atoms with E-state index in [2.05, 4.69) is 0 Å². The topological polar surface area (TPSA) is 113 Å². The molecule has 0 aliphatic carbocycles. The third kappa shape index (κ3) is 3.18. The molecule has 0 radical (unpaired) electrons. The third-order valence-corrected chi connectivity index (χ3v) is 2.96. The van der Waals surface area contributed by atoms with E-state index in [1.54, 1.807) is 0 Å². The fourth-order valence-electron chi connectivity index (χ4n) is 1.64. The molecule has 2 aromatic rings. The van der Waals surface area contributed by atoms with Crippen molar-refractivity contribution < 1.29 is 19.4 Å². The molecule has 0 bridgehead atoms. The highest BCUT2D eigenvalue weighted by molar-refractivity contribution is 6.32. The van der Waals surface area contributed by atoms with Crippen LogP contribution in [0.4, 0.5) is 11.4 Å². The molecular formula is C13H7ClN2O6. The Morgan fingerprint density at radius 2 is 1.73 bits per heavy atom. The highest BCUT2D eigenvalue weighted by Gasteiger charge is 2.18. The van der Waals surface area contributed by atoms with Crippen molar-refractivity contribution in [1.29, 1.82) is 0 Å². The van der Waals surface area contributed by atoms with Crippen LogP contribution in [0.3, 0.4) is 0 Å². The van der Waals surface area contributed by atoms with Gasteiger partial charge >= 0.3 is 5.69 Å². The zero-order valence-corrected chi connectivity index (χ0v) is 11.5. The van der Waals surface area contributed by atoms with Crippen molar-refractivity contribution in [3.05, 3.63) is 67.2 Å². The molecule has 0 aliphatic heterocycles. The first-order valence-electron chi connectivity index (χ1n) is 5.78. The van der Waals surface area contributed by atoms with Gasteiger partial charge in [-0.2, -0.15) is 0 Å². The number of carbonyl (C=O) groups is 1. The zero-order valence-electron chi connectivity index (χ0n) is 10.8. The van der Waals surface area contributed by atoms with E-state index >= 15 is 0 Å². The van der Waals surface area contributed by atoms with Gasteiger partial charge in [-0.25, -0.2) is 0 Å². The standard InChI is InChI=1S/C13H7ClN2O6/c14-10-6-9(15(18)19)2-4-12(10)22-13-5-8(7-17)1-3-11(13)16(20)21/h1-7H. The SMILES string of the molecule is O=Cc1ccc([N+](=O)[O-])c(Oc2ccc([N+](=O)[O-])cc2Cl)c1. The Kier molecular flexibility index (Phi) is 4.33. The first-order valence-corrected chi connectivity index (χ1v) is 6.15. The minimum absolute atomic E-state index is 0.00147. The molecule has 0 N–H and O–H groups in total. The lowest BCUT2D eigenvalue weighted by atomic mass is 10.2. The van der Waals surface area contributed by atoms with Gasteiger partial charge in [0.2, 0.25) is 5.75 Å². The van der Waals surface area contributed by atoms with E-state index in [4.69, 9.17) is 16.3 Å². The number of ether oxygens (including phenoxy) is 1. The molecule has 0 spiro atoms. The summed E-state index contributed by atoms with van der Waals surface area (Å²) in [6.07, 6.45) is 0.508. The van der Waals surface area contributed by atoms with Gasteiger partial charge in [0.15, 0.2) is 0 Å². The minimum Gasteiger partial charge on any atom is -0.449 e. The molecule has 0 amide bonds. The van der Waals surface area contributed by atoms with Crippen LogP contribution in [0.5, 0.6) is 11.5 Å². The van der Waals surface area contributed by atoms with Crippen LogP contribution in [0.15, 0.2) is 36.4 Å². The molecule has 0 saturated carbocycles. The fourth-order valence-corrected chi connectivity index (χ4v) is 1.85. The predicted octanol–water partition coefficient (Wildman–Crippen LogP) is 3.76. The smallest absolute Gasteiger partial charge is 0.311 e. The first kappa shape index (κ1) is 15.4. The van der Waals surface area contributed by atoms with E-state index in [1.165, 1.54) is 18.2 Å². The Morgan fingerprint density at radius 3 is 2.27 bits per heavy atom. The predicted molar refractivity (Wildman–Crippen MR) is 76.7 cm³/mol. The summed E-state index contributed by atoms with van der Waals surface area (Å²) in [5.41, 5.74) is -0.424. The van der Waals surface area contributed by atoms with Gasteiger partial charge in [-0.1, -0.05) is 11.6 Å². The molecule has 0 atom stereocenters. The van der Waals surface area contributed by atoms with E-state index in [-0.39, 0.29) is 33.5 Å². The van der Waals surface area contributed by atoms with Crippen LogP contribution < -0.4 is 4.74 Å². The number of non-ortho nitro benzene ring substituents is 1. The van der Waals surface area contributed by atoms with Gasteiger partial charge in [0.25, 0.3) is 5.69 Å². The number of halogens is 1. The Morgan fingerprint density at radius 1 is 1.00 bits per heavy atom. The zero-order chi connectivity index (χ0) is 16.3. The van der Waals surface area contributed by atoms with Crippen molar-refractivity contribution >= 4 is 29.3 Å². The normalized spacial score (nSPS) is 10.0. The second kappa shape index (κ2) is 6.19. The number of rotatable bonds is 5. The van der Waals surface area contributed by atoms with Crippen molar-refractivity contribution in [3.63, 3.8) is 0 Å². The van der Waals surface area contributed by atoms with Gasteiger partial charge in [0, 0.05) is 23.8 Å². The average Bonchev–Trinajstić information content (AvgIpc) is 2.48. The van der Waals surface area contributed by atoms with Crippen LogP contribution in [0.25, 0.3) is 0 Å². The Balaban J connectivity index is 2.43. The molecule has 9 heteroatoms. The molecule has 22 heavy (non-hydrogen) atoms. The molecule has 0 unspecified atom stereocenters. The number of nitro benzene ring substituents is 2.